The van der Waals surface area contributed by atoms with Crippen LogP contribution >= 0.6 is 0 Å². The average Bonchev–Trinajstić information content (AvgIpc) is 2.75. The van der Waals surface area contributed by atoms with Crippen LogP contribution in [0, 0.1) is 35.5 Å². The maximum absolute atomic E-state index is 3.60. The molecule has 0 N–H and O–H groups in total. The molecule has 0 aromatic heterocycles. The maximum Gasteiger partial charge on any atom is 0.0245 e. The summed E-state index contributed by atoms with van der Waals surface area (Å²) in [5.74, 6) is 10.8. The van der Waals surface area contributed by atoms with Gasteiger partial charge in [0.15, 0.2) is 0 Å². The Hall–Kier alpha value is -1.22. The van der Waals surface area contributed by atoms with E-state index in [1.807, 2.05) is 0 Å². The van der Waals surface area contributed by atoms with Gasteiger partial charge in [0, 0.05) is 11.5 Å². The van der Waals surface area contributed by atoms with E-state index in [-0.39, 0.29) is 0 Å². The molecular weight excluding hydrogens is 336 g/mol. The monoisotopic (exact) mass is 378 g/mol. The highest BCUT2D eigenvalue weighted by molar-refractivity contribution is 5.36. The summed E-state index contributed by atoms with van der Waals surface area (Å²) >= 11 is 0. The molecule has 0 atom stereocenters. The lowest BCUT2D eigenvalue weighted by molar-refractivity contribution is 0.153. The van der Waals surface area contributed by atoms with Gasteiger partial charge in [0.05, 0.1) is 0 Å². The van der Waals surface area contributed by atoms with Crippen LogP contribution in [0.1, 0.15) is 108 Å². The quantitative estimate of drug-likeness (QED) is 0.331. The van der Waals surface area contributed by atoms with E-state index in [2.05, 4.69) is 50.0 Å². The topological polar surface area (TPSA) is 0 Å². The molecule has 2 aliphatic rings. The van der Waals surface area contributed by atoms with Crippen LogP contribution in [-0.4, -0.2) is 0 Å². The fourth-order valence-electron chi connectivity index (χ4n) is 5.60. The van der Waals surface area contributed by atoms with Gasteiger partial charge in [-0.1, -0.05) is 82.8 Å². The van der Waals surface area contributed by atoms with Gasteiger partial charge in [0.1, 0.15) is 0 Å². The van der Waals surface area contributed by atoms with Crippen LogP contribution in [0.2, 0.25) is 0 Å². The van der Waals surface area contributed by atoms with Crippen molar-refractivity contribution in [1.29, 1.82) is 0 Å². The summed E-state index contributed by atoms with van der Waals surface area (Å²) < 4.78 is 0. The Morgan fingerprint density at radius 1 is 0.750 bits per heavy atom. The third kappa shape index (κ3) is 6.69. The second kappa shape index (κ2) is 11.7. The molecule has 154 valence electrons. The lowest BCUT2D eigenvalue weighted by Gasteiger charge is -2.37. The van der Waals surface area contributed by atoms with E-state index >= 15 is 0 Å². The Labute approximate surface area is 174 Å². The van der Waals surface area contributed by atoms with Gasteiger partial charge in [-0.3, -0.25) is 0 Å². The largest absolute Gasteiger partial charge is 0.0945 e. The van der Waals surface area contributed by atoms with Crippen LogP contribution in [0.15, 0.2) is 24.3 Å². The van der Waals surface area contributed by atoms with Crippen molar-refractivity contribution in [3.63, 3.8) is 0 Å². The molecule has 0 radical (unpaired) electrons. The molecule has 0 unspecified atom stereocenters. The molecule has 0 bridgehead atoms. The van der Waals surface area contributed by atoms with Crippen LogP contribution in [0.3, 0.4) is 0 Å². The molecule has 1 aromatic rings. The summed E-state index contributed by atoms with van der Waals surface area (Å²) in [6.07, 6.45) is 19.8. The zero-order valence-corrected chi connectivity index (χ0v) is 18.5. The Bertz CT molecular complexity index is 598. The lowest BCUT2D eigenvalue weighted by atomic mass is 9.69. The normalized spacial score (nSPS) is 27.8. The number of hydrogen-bond acceptors (Lipinski definition) is 0. The van der Waals surface area contributed by atoms with Crippen molar-refractivity contribution in [2.24, 2.45) is 23.7 Å². The summed E-state index contributed by atoms with van der Waals surface area (Å²) in [5.41, 5.74) is 2.64. The number of hydrogen-bond donors (Lipinski definition) is 0. The summed E-state index contributed by atoms with van der Waals surface area (Å²) in [4.78, 5) is 0. The van der Waals surface area contributed by atoms with Gasteiger partial charge in [-0.05, 0) is 80.4 Å². The summed E-state index contributed by atoms with van der Waals surface area (Å²) in [6.45, 7) is 4.56. The smallest absolute Gasteiger partial charge is 0.0245 e. The standard InChI is InChI=1S/C28H42/c1-3-5-6-8-24-15-19-27(20-16-24)28-21-17-26(18-22-28)14-13-25-11-9-23(7-4-2)10-12-25/h9-12,24,26-28H,3-8,15-22H2,1-2H3. The molecule has 0 amide bonds. The van der Waals surface area contributed by atoms with Crippen molar-refractivity contribution in [1.82, 2.24) is 0 Å². The van der Waals surface area contributed by atoms with Gasteiger partial charge in [-0.2, -0.15) is 0 Å². The van der Waals surface area contributed by atoms with Crippen LogP contribution in [0.4, 0.5) is 0 Å². The number of aryl methyl sites for hydroxylation is 1. The van der Waals surface area contributed by atoms with Crippen molar-refractivity contribution >= 4 is 0 Å². The molecule has 2 saturated carbocycles. The highest BCUT2D eigenvalue weighted by Crippen LogP contribution is 2.42. The van der Waals surface area contributed by atoms with Gasteiger partial charge in [0.2, 0.25) is 0 Å². The molecule has 0 heterocycles. The zero-order chi connectivity index (χ0) is 19.6. The molecular formula is C28H42. The molecule has 2 aliphatic carbocycles. The number of rotatable bonds is 7. The predicted molar refractivity (Wildman–Crippen MR) is 122 cm³/mol. The van der Waals surface area contributed by atoms with Crippen molar-refractivity contribution in [2.45, 2.75) is 104 Å². The molecule has 0 nitrogen and oxygen atoms in total. The van der Waals surface area contributed by atoms with Crippen LogP contribution in [0.5, 0.6) is 0 Å². The first kappa shape index (κ1) is 21.5. The Balaban J connectivity index is 1.38. The number of benzene rings is 1. The second-order valence-electron chi connectivity index (χ2n) is 9.60. The van der Waals surface area contributed by atoms with E-state index < -0.39 is 0 Å². The molecule has 3 rings (SSSR count). The molecule has 0 spiro atoms. The van der Waals surface area contributed by atoms with Crippen molar-refractivity contribution in [3.05, 3.63) is 35.4 Å². The first-order valence-electron chi connectivity index (χ1n) is 12.4. The van der Waals surface area contributed by atoms with E-state index in [9.17, 15) is 0 Å². The van der Waals surface area contributed by atoms with Gasteiger partial charge in [-0.15, -0.1) is 0 Å². The van der Waals surface area contributed by atoms with E-state index in [0.29, 0.717) is 5.92 Å². The minimum absolute atomic E-state index is 0.636. The molecule has 0 aliphatic heterocycles. The Kier molecular flexibility index (Phi) is 8.98. The maximum atomic E-state index is 3.60. The molecule has 2 fully saturated rings. The van der Waals surface area contributed by atoms with Crippen LogP contribution in [0.25, 0.3) is 0 Å². The zero-order valence-electron chi connectivity index (χ0n) is 18.5. The Morgan fingerprint density at radius 3 is 2.00 bits per heavy atom. The molecule has 1 aromatic carbocycles. The average molecular weight is 379 g/mol. The fraction of sp³-hybridized carbons (Fsp3) is 0.714. The second-order valence-corrected chi connectivity index (χ2v) is 9.60. The van der Waals surface area contributed by atoms with Crippen molar-refractivity contribution in [3.8, 4) is 11.8 Å². The van der Waals surface area contributed by atoms with Crippen molar-refractivity contribution in [2.75, 3.05) is 0 Å². The summed E-state index contributed by atoms with van der Waals surface area (Å²) in [6, 6.07) is 8.93. The van der Waals surface area contributed by atoms with Gasteiger partial charge in [0.25, 0.3) is 0 Å². The molecule has 0 heteroatoms. The van der Waals surface area contributed by atoms with Gasteiger partial charge in [-0.25, -0.2) is 0 Å². The molecule has 28 heavy (non-hydrogen) atoms. The number of unbranched alkanes of at least 4 members (excludes halogenated alkanes) is 2. The minimum atomic E-state index is 0.636. The summed E-state index contributed by atoms with van der Waals surface area (Å²) in [5, 5.41) is 0. The van der Waals surface area contributed by atoms with Crippen LogP contribution < -0.4 is 0 Å². The van der Waals surface area contributed by atoms with E-state index in [1.165, 1.54) is 101 Å². The Morgan fingerprint density at radius 2 is 1.39 bits per heavy atom. The first-order valence-corrected chi connectivity index (χ1v) is 12.4. The van der Waals surface area contributed by atoms with Gasteiger partial charge < -0.3 is 0 Å². The SMILES string of the molecule is CCCCCC1CCC(C2CCC(C#Cc3ccc(CCC)cc3)CC2)CC1. The van der Waals surface area contributed by atoms with Gasteiger partial charge >= 0.3 is 0 Å². The minimum Gasteiger partial charge on any atom is -0.0945 e. The van der Waals surface area contributed by atoms with Crippen molar-refractivity contribution < 1.29 is 0 Å². The summed E-state index contributed by atoms with van der Waals surface area (Å²) in [7, 11) is 0. The molecule has 0 saturated heterocycles. The third-order valence-electron chi connectivity index (χ3n) is 7.46. The van der Waals surface area contributed by atoms with Crippen LogP contribution in [-0.2, 0) is 6.42 Å². The first-order chi connectivity index (χ1) is 13.8. The third-order valence-corrected chi connectivity index (χ3v) is 7.46. The fourth-order valence-corrected chi connectivity index (χ4v) is 5.60. The van der Waals surface area contributed by atoms with E-state index in [4.69, 9.17) is 0 Å². The highest BCUT2D eigenvalue weighted by Gasteiger charge is 2.30. The predicted octanol–water partition coefficient (Wildman–Crippen LogP) is 8.18. The van der Waals surface area contributed by atoms with E-state index in [1.54, 1.807) is 0 Å². The van der Waals surface area contributed by atoms with E-state index in [0.717, 1.165) is 17.8 Å². The lowest BCUT2D eigenvalue weighted by Crippen LogP contribution is -2.25. The highest BCUT2D eigenvalue weighted by atomic mass is 14.3.